The van der Waals surface area contributed by atoms with E-state index in [1.807, 2.05) is 50.2 Å². The summed E-state index contributed by atoms with van der Waals surface area (Å²) in [6.07, 6.45) is 0. The van der Waals surface area contributed by atoms with Crippen LogP contribution >= 0.6 is 11.6 Å². The Kier molecular flexibility index (Phi) is 5.23. The molecule has 6 heteroatoms. The Morgan fingerprint density at radius 3 is 2.79 bits per heavy atom. The number of anilines is 1. The maximum Gasteiger partial charge on any atom is 0.262 e. The summed E-state index contributed by atoms with van der Waals surface area (Å²) < 4.78 is 11.4. The number of nitrogens with one attached hydrogen (secondary N) is 1. The van der Waals surface area contributed by atoms with Crippen molar-refractivity contribution in [2.75, 3.05) is 11.9 Å². The lowest BCUT2D eigenvalue weighted by molar-refractivity contribution is -0.118. The number of amides is 1. The Morgan fingerprint density at radius 1 is 1.10 bits per heavy atom. The molecule has 3 aromatic carbocycles. The van der Waals surface area contributed by atoms with Crippen molar-refractivity contribution in [3.63, 3.8) is 0 Å². The van der Waals surface area contributed by atoms with Gasteiger partial charge in [-0.3, -0.25) is 4.79 Å². The number of oxazole rings is 1. The van der Waals surface area contributed by atoms with E-state index < -0.39 is 0 Å². The molecule has 0 spiro atoms. The van der Waals surface area contributed by atoms with Crippen molar-refractivity contribution in [1.82, 2.24) is 4.98 Å². The van der Waals surface area contributed by atoms with Crippen LogP contribution in [0.4, 0.5) is 5.69 Å². The van der Waals surface area contributed by atoms with Crippen molar-refractivity contribution >= 4 is 34.3 Å². The van der Waals surface area contributed by atoms with Gasteiger partial charge in [0.25, 0.3) is 5.91 Å². The lowest BCUT2D eigenvalue weighted by atomic mass is 10.2. The smallest absolute Gasteiger partial charge is 0.262 e. The fourth-order valence-corrected chi connectivity index (χ4v) is 3.06. The molecule has 29 heavy (non-hydrogen) atoms. The zero-order chi connectivity index (χ0) is 20.4. The molecule has 146 valence electrons. The molecule has 0 fully saturated rings. The number of carbonyl (C=O) groups excluding carboxylic acids is 1. The van der Waals surface area contributed by atoms with Gasteiger partial charge in [-0.2, -0.15) is 0 Å². The average molecular weight is 407 g/mol. The minimum absolute atomic E-state index is 0.104. The van der Waals surface area contributed by atoms with Gasteiger partial charge < -0.3 is 14.5 Å². The van der Waals surface area contributed by atoms with Crippen LogP contribution < -0.4 is 10.1 Å². The van der Waals surface area contributed by atoms with Crippen LogP contribution in [0, 0.1) is 13.8 Å². The van der Waals surface area contributed by atoms with Gasteiger partial charge >= 0.3 is 0 Å². The molecule has 0 radical (unpaired) electrons. The van der Waals surface area contributed by atoms with Crippen molar-refractivity contribution in [1.29, 1.82) is 0 Å². The zero-order valence-electron chi connectivity index (χ0n) is 16.0. The number of rotatable bonds is 5. The molecule has 1 aromatic heterocycles. The number of benzene rings is 3. The second kappa shape index (κ2) is 7.97. The van der Waals surface area contributed by atoms with E-state index in [0.717, 1.165) is 27.8 Å². The third-order valence-electron chi connectivity index (χ3n) is 4.44. The van der Waals surface area contributed by atoms with Gasteiger partial charge in [-0.15, -0.1) is 0 Å². The van der Waals surface area contributed by atoms with E-state index >= 15 is 0 Å². The Bertz CT molecular complexity index is 1200. The average Bonchev–Trinajstić information content (AvgIpc) is 3.12. The molecule has 0 aliphatic heterocycles. The molecule has 0 aliphatic rings. The first-order valence-electron chi connectivity index (χ1n) is 9.14. The van der Waals surface area contributed by atoms with Gasteiger partial charge in [-0.1, -0.05) is 23.7 Å². The summed E-state index contributed by atoms with van der Waals surface area (Å²) in [5, 5.41) is 3.49. The lowest BCUT2D eigenvalue weighted by Crippen LogP contribution is -2.20. The van der Waals surface area contributed by atoms with Crippen LogP contribution in [0.15, 0.2) is 65.1 Å². The van der Waals surface area contributed by atoms with Gasteiger partial charge in [-0.25, -0.2) is 4.98 Å². The number of ether oxygens (including phenoxy) is 1. The third kappa shape index (κ3) is 4.41. The highest BCUT2D eigenvalue weighted by molar-refractivity contribution is 6.31. The highest BCUT2D eigenvalue weighted by atomic mass is 35.5. The predicted octanol–water partition coefficient (Wildman–Crippen LogP) is 5.78. The summed E-state index contributed by atoms with van der Waals surface area (Å²) in [5.41, 5.74) is 4.96. The lowest BCUT2D eigenvalue weighted by Gasteiger charge is -2.09. The van der Waals surface area contributed by atoms with Crippen LogP contribution in [0.5, 0.6) is 5.75 Å². The Hall–Kier alpha value is -3.31. The van der Waals surface area contributed by atoms with Gasteiger partial charge in [0.05, 0.1) is 0 Å². The van der Waals surface area contributed by atoms with E-state index in [1.54, 1.807) is 24.3 Å². The quantitative estimate of drug-likeness (QED) is 0.456. The molecule has 0 aliphatic carbocycles. The maximum absolute atomic E-state index is 12.3. The normalized spacial score (nSPS) is 10.9. The second-order valence-corrected chi connectivity index (χ2v) is 7.23. The fraction of sp³-hybridized carbons (Fsp3) is 0.130. The number of aromatic nitrogens is 1. The number of fused-ring (bicyclic) bond motifs is 1. The van der Waals surface area contributed by atoms with Crippen molar-refractivity contribution < 1.29 is 13.9 Å². The van der Waals surface area contributed by atoms with Gasteiger partial charge in [-0.05, 0) is 73.5 Å². The molecule has 1 amide bonds. The van der Waals surface area contributed by atoms with E-state index in [0.29, 0.717) is 22.4 Å². The van der Waals surface area contributed by atoms with Crippen molar-refractivity contribution in [3.8, 4) is 17.2 Å². The van der Waals surface area contributed by atoms with Crippen LogP contribution in [-0.4, -0.2) is 17.5 Å². The van der Waals surface area contributed by atoms with Crippen LogP contribution in [0.1, 0.15) is 11.1 Å². The van der Waals surface area contributed by atoms with Crippen LogP contribution in [-0.2, 0) is 4.79 Å². The van der Waals surface area contributed by atoms with Gasteiger partial charge in [0, 0.05) is 16.3 Å². The molecule has 1 N–H and O–H groups in total. The first-order valence-corrected chi connectivity index (χ1v) is 9.52. The molecular formula is C23H19ClN2O3. The molecule has 0 saturated carbocycles. The van der Waals surface area contributed by atoms with Crippen molar-refractivity contribution in [2.45, 2.75) is 13.8 Å². The number of halogens is 1. The topological polar surface area (TPSA) is 64.4 Å². The minimum Gasteiger partial charge on any atom is -0.484 e. The molecular weight excluding hydrogens is 388 g/mol. The first-order chi connectivity index (χ1) is 14.0. The molecule has 4 aromatic rings. The van der Waals surface area contributed by atoms with E-state index in [9.17, 15) is 4.79 Å². The van der Waals surface area contributed by atoms with Crippen molar-refractivity contribution in [2.24, 2.45) is 0 Å². The van der Waals surface area contributed by atoms with Crippen LogP contribution in [0.3, 0.4) is 0 Å². The van der Waals surface area contributed by atoms with E-state index in [2.05, 4.69) is 10.3 Å². The number of aryl methyl sites for hydroxylation is 2. The van der Waals surface area contributed by atoms with Gasteiger partial charge in [0.2, 0.25) is 5.89 Å². The maximum atomic E-state index is 12.3. The molecule has 5 nitrogen and oxygen atoms in total. The Morgan fingerprint density at radius 2 is 1.97 bits per heavy atom. The SMILES string of the molecule is Cc1ccc2nc(-c3cccc(NC(=O)COc4ccc(Cl)c(C)c4)c3)oc2c1. The third-order valence-corrected chi connectivity index (χ3v) is 4.86. The first kappa shape index (κ1) is 19.0. The highest BCUT2D eigenvalue weighted by Crippen LogP contribution is 2.27. The van der Waals surface area contributed by atoms with E-state index in [4.69, 9.17) is 20.8 Å². The largest absolute Gasteiger partial charge is 0.484 e. The summed E-state index contributed by atoms with van der Waals surface area (Å²) >= 11 is 6.00. The van der Waals surface area contributed by atoms with E-state index in [-0.39, 0.29) is 12.5 Å². The number of nitrogens with zero attached hydrogens (tertiary/aromatic N) is 1. The Balaban J connectivity index is 1.45. The predicted molar refractivity (Wildman–Crippen MR) is 114 cm³/mol. The molecule has 4 rings (SSSR count). The fourth-order valence-electron chi connectivity index (χ4n) is 2.94. The van der Waals surface area contributed by atoms with E-state index in [1.165, 1.54) is 0 Å². The molecule has 0 saturated heterocycles. The second-order valence-electron chi connectivity index (χ2n) is 6.82. The number of carbonyl (C=O) groups is 1. The minimum atomic E-state index is -0.261. The summed E-state index contributed by atoms with van der Waals surface area (Å²) in [7, 11) is 0. The number of hydrogen-bond acceptors (Lipinski definition) is 4. The van der Waals surface area contributed by atoms with Gasteiger partial charge in [0.1, 0.15) is 11.3 Å². The summed E-state index contributed by atoms with van der Waals surface area (Å²) in [6.45, 7) is 3.78. The standard InChI is InChI=1S/C23H19ClN2O3/c1-14-6-9-20-21(10-14)29-23(26-20)16-4-3-5-17(12-16)25-22(27)13-28-18-7-8-19(24)15(2)11-18/h3-12H,13H2,1-2H3,(H,25,27). The monoisotopic (exact) mass is 406 g/mol. The number of hydrogen-bond donors (Lipinski definition) is 1. The zero-order valence-corrected chi connectivity index (χ0v) is 16.8. The molecule has 0 unspecified atom stereocenters. The molecule has 1 heterocycles. The molecule has 0 atom stereocenters. The summed E-state index contributed by atoms with van der Waals surface area (Å²) in [4.78, 5) is 16.8. The Labute approximate surface area is 173 Å². The van der Waals surface area contributed by atoms with Crippen LogP contribution in [0.2, 0.25) is 5.02 Å². The molecule has 0 bridgehead atoms. The summed E-state index contributed by atoms with van der Waals surface area (Å²) in [5.74, 6) is 0.843. The van der Waals surface area contributed by atoms with Crippen LogP contribution in [0.25, 0.3) is 22.6 Å². The summed E-state index contributed by atoms with van der Waals surface area (Å²) in [6, 6.07) is 18.5. The van der Waals surface area contributed by atoms with Crippen molar-refractivity contribution in [3.05, 3.63) is 76.8 Å². The highest BCUT2D eigenvalue weighted by Gasteiger charge is 2.10. The van der Waals surface area contributed by atoms with Gasteiger partial charge in [0.15, 0.2) is 12.2 Å².